The Morgan fingerprint density at radius 1 is 1.07 bits per heavy atom. The summed E-state index contributed by atoms with van der Waals surface area (Å²) in [7, 11) is 1.80. The Bertz CT molecular complexity index is 774. The molecule has 2 heterocycles. The monoisotopic (exact) mass is 525 g/mol. The van der Waals surface area contributed by atoms with Crippen LogP contribution < -0.4 is 10.6 Å². The van der Waals surface area contributed by atoms with Crippen molar-refractivity contribution in [2.75, 3.05) is 46.3 Å². The maximum absolute atomic E-state index is 11.9. The van der Waals surface area contributed by atoms with Gasteiger partial charge in [-0.25, -0.2) is 0 Å². The van der Waals surface area contributed by atoms with Crippen molar-refractivity contribution in [3.05, 3.63) is 60.1 Å². The highest BCUT2D eigenvalue weighted by molar-refractivity contribution is 14.0. The van der Waals surface area contributed by atoms with Crippen molar-refractivity contribution in [3.8, 4) is 0 Å². The number of carbonyl (C=O) groups is 1. The number of aliphatic imine (C=N–C) groups is 1. The third-order valence-corrected chi connectivity index (χ3v) is 5.28. The number of hydrogen-bond donors (Lipinski definition) is 2. The van der Waals surface area contributed by atoms with Gasteiger partial charge in [0.05, 0.1) is 6.26 Å². The topological polar surface area (TPSA) is 73.1 Å². The minimum Gasteiger partial charge on any atom is -0.459 e. The summed E-state index contributed by atoms with van der Waals surface area (Å²) in [6.45, 7) is 7.24. The number of benzene rings is 1. The van der Waals surface area contributed by atoms with Gasteiger partial charge in [-0.2, -0.15) is 0 Å². The molecule has 164 valence electrons. The number of hydrogen-bond acceptors (Lipinski definition) is 4. The van der Waals surface area contributed by atoms with E-state index in [2.05, 4.69) is 62.7 Å². The van der Waals surface area contributed by atoms with Gasteiger partial charge in [0.15, 0.2) is 11.7 Å². The van der Waals surface area contributed by atoms with Crippen molar-refractivity contribution >= 4 is 35.8 Å². The van der Waals surface area contributed by atoms with Crippen LogP contribution in [0.3, 0.4) is 0 Å². The van der Waals surface area contributed by atoms with Crippen molar-refractivity contribution in [1.82, 2.24) is 20.4 Å². The lowest BCUT2D eigenvalue weighted by Crippen LogP contribution is -2.53. The summed E-state index contributed by atoms with van der Waals surface area (Å²) >= 11 is 0. The summed E-state index contributed by atoms with van der Waals surface area (Å²) in [6.07, 6.45) is 2.60. The van der Waals surface area contributed by atoms with Gasteiger partial charge in [-0.1, -0.05) is 37.3 Å². The van der Waals surface area contributed by atoms with Gasteiger partial charge in [-0.05, 0) is 24.1 Å². The van der Waals surface area contributed by atoms with Crippen molar-refractivity contribution < 1.29 is 9.21 Å². The highest BCUT2D eigenvalue weighted by Gasteiger charge is 2.25. The van der Waals surface area contributed by atoms with Crippen molar-refractivity contribution in [3.63, 3.8) is 0 Å². The van der Waals surface area contributed by atoms with Crippen LogP contribution in [0.1, 0.15) is 35.5 Å². The number of guanidine groups is 1. The van der Waals surface area contributed by atoms with Gasteiger partial charge < -0.3 is 20.0 Å². The molecule has 1 aromatic heterocycles. The van der Waals surface area contributed by atoms with Gasteiger partial charge in [0.25, 0.3) is 5.91 Å². The van der Waals surface area contributed by atoms with Gasteiger partial charge in [0, 0.05) is 52.4 Å². The summed E-state index contributed by atoms with van der Waals surface area (Å²) in [5.74, 6) is 1.01. The van der Waals surface area contributed by atoms with Gasteiger partial charge in [-0.15, -0.1) is 24.0 Å². The van der Waals surface area contributed by atoms with E-state index < -0.39 is 0 Å². The van der Waals surface area contributed by atoms with Gasteiger partial charge >= 0.3 is 0 Å². The molecule has 1 aromatic carbocycles. The normalized spacial score (nSPS) is 15.9. The van der Waals surface area contributed by atoms with Crippen LogP contribution in [0.4, 0.5) is 0 Å². The average Bonchev–Trinajstić information content (AvgIpc) is 3.31. The van der Waals surface area contributed by atoms with E-state index in [0.29, 0.717) is 24.9 Å². The first-order chi connectivity index (χ1) is 14.2. The molecule has 1 saturated heterocycles. The molecule has 1 amide bonds. The SMILES string of the molecule is CCC(c1ccccc1)N1CCN(C(=NC)NCCNC(=O)c2ccco2)CC1.I. The molecule has 1 fully saturated rings. The number of nitrogens with zero attached hydrogens (tertiary/aromatic N) is 3. The van der Waals surface area contributed by atoms with Crippen molar-refractivity contribution in [1.29, 1.82) is 0 Å². The van der Waals surface area contributed by atoms with Crippen LogP contribution in [0.5, 0.6) is 0 Å². The second-order valence-corrected chi connectivity index (χ2v) is 7.06. The highest BCUT2D eigenvalue weighted by atomic mass is 127. The lowest BCUT2D eigenvalue weighted by Gasteiger charge is -2.40. The number of rotatable bonds is 7. The zero-order chi connectivity index (χ0) is 20.5. The predicted octanol–water partition coefficient (Wildman–Crippen LogP) is 2.97. The molecule has 2 N–H and O–H groups in total. The number of halogens is 1. The van der Waals surface area contributed by atoms with E-state index >= 15 is 0 Å². The molecule has 1 aliphatic rings. The quantitative estimate of drug-likeness (QED) is 0.252. The minimum absolute atomic E-state index is 0. The predicted molar refractivity (Wildman–Crippen MR) is 130 cm³/mol. The number of amides is 1. The van der Waals surface area contributed by atoms with Crippen LogP contribution in [-0.2, 0) is 0 Å². The summed E-state index contributed by atoms with van der Waals surface area (Å²) < 4.78 is 5.09. The van der Waals surface area contributed by atoms with E-state index in [4.69, 9.17) is 4.42 Å². The molecular weight excluding hydrogens is 493 g/mol. The first-order valence-corrected chi connectivity index (χ1v) is 10.3. The molecule has 7 nitrogen and oxygen atoms in total. The van der Waals surface area contributed by atoms with E-state index in [1.807, 2.05) is 0 Å². The maximum Gasteiger partial charge on any atom is 0.287 e. The van der Waals surface area contributed by atoms with Crippen LogP contribution in [-0.4, -0.2) is 68.0 Å². The number of carbonyl (C=O) groups excluding carboxylic acids is 1. The molecule has 1 atom stereocenters. The summed E-state index contributed by atoms with van der Waals surface area (Å²) in [4.78, 5) is 21.1. The number of piperazine rings is 1. The highest BCUT2D eigenvalue weighted by Crippen LogP contribution is 2.25. The van der Waals surface area contributed by atoms with Crippen LogP contribution in [0.15, 0.2) is 58.1 Å². The van der Waals surface area contributed by atoms with E-state index in [1.54, 1.807) is 19.2 Å². The fourth-order valence-electron chi connectivity index (χ4n) is 3.80. The Balaban J connectivity index is 0.00000320. The Kier molecular flexibility index (Phi) is 10.2. The molecule has 2 aromatic rings. The van der Waals surface area contributed by atoms with Crippen LogP contribution in [0.25, 0.3) is 0 Å². The number of nitrogens with one attached hydrogen (secondary N) is 2. The molecule has 0 saturated carbocycles. The van der Waals surface area contributed by atoms with Crippen LogP contribution in [0.2, 0.25) is 0 Å². The molecule has 0 bridgehead atoms. The Morgan fingerprint density at radius 3 is 2.37 bits per heavy atom. The molecule has 0 spiro atoms. The van der Waals surface area contributed by atoms with E-state index in [0.717, 1.165) is 38.6 Å². The maximum atomic E-state index is 11.9. The molecule has 8 heteroatoms. The molecule has 3 rings (SSSR count). The Morgan fingerprint density at radius 2 is 1.77 bits per heavy atom. The van der Waals surface area contributed by atoms with E-state index in [1.165, 1.54) is 11.8 Å². The van der Waals surface area contributed by atoms with Crippen molar-refractivity contribution in [2.45, 2.75) is 19.4 Å². The summed E-state index contributed by atoms with van der Waals surface area (Å²) in [6, 6.07) is 14.6. The molecule has 1 aliphatic heterocycles. The third-order valence-electron chi connectivity index (χ3n) is 5.28. The average molecular weight is 525 g/mol. The second kappa shape index (κ2) is 12.6. The molecular formula is C22H32IN5O2. The fourth-order valence-corrected chi connectivity index (χ4v) is 3.80. The first kappa shape index (κ1) is 24.2. The second-order valence-electron chi connectivity index (χ2n) is 7.06. The zero-order valence-corrected chi connectivity index (χ0v) is 20.0. The lowest BCUT2D eigenvalue weighted by atomic mass is 10.0. The van der Waals surface area contributed by atoms with Gasteiger partial charge in [0.2, 0.25) is 0 Å². The lowest BCUT2D eigenvalue weighted by molar-refractivity contribution is 0.0926. The molecule has 0 aliphatic carbocycles. The van der Waals surface area contributed by atoms with Crippen LogP contribution in [0, 0.1) is 0 Å². The number of furan rings is 1. The summed E-state index contributed by atoms with van der Waals surface area (Å²) in [5, 5.41) is 6.18. The fraction of sp³-hybridized carbons (Fsp3) is 0.455. The largest absolute Gasteiger partial charge is 0.459 e. The van der Waals surface area contributed by atoms with E-state index in [9.17, 15) is 4.79 Å². The first-order valence-electron chi connectivity index (χ1n) is 10.3. The Hall–Kier alpha value is -2.07. The third kappa shape index (κ3) is 6.46. The molecule has 0 radical (unpaired) electrons. The minimum atomic E-state index is -0.202. The van der Waals surface area contributed by atoms with Gasteiger partial charge in [-0.3, -0.25) is 14.7 Å². The summed E-state index contributed by atoms with van der Waals surface area (Å²) in [5.41, 5.74) is 1.39. The molecule has 1 unspecified atom stereocenters. The zero-order valence-electron chi connectivity index (χ0n) is 17.7. The Labute approximate surface area is 195 Å². The standard InChI is InChI=1S/C22H31N5O2.HI/c1-3-19(18-8-5-4-6-9-18)26-13-15-27(16-14-26)22(23-2)25-12-11-24-21(28)20-10-7-17-29-20;/h4-10,17,19H,3,11-16H2,1-2H3,(H,23,25)(H,24,28);1H. The molecule has 30 heavy (non-hydrogen) atoms. The van der Waals surface area contributed by atoms with Crippen LogP contribution >= 0.6 is 24.0 Å². The smallest absolute Gasteiger partial charge is 0.287 e. The van der Waals surface area contributed by atoms with Gasteiger partial charge in [0.1, 0.15) is 0 Å². The van der Waals surface area contributed by atoms with Crippen molar-refractivity contribution in [2.24, 2.45) is 4.99 Å². The van der Waals surface area contributed by atoms with E-state index in [-0.39, 0.29) is 29.9 Å².